The van der Waals surface area contributed by atoms with Gasteiger partial charge in [-0.05, 0) is 48.6 Å². The Labute approximate surface area is 233 Å². The highest BCUT2D eigenvalue weighted by Crippen LogP contribution is 2.26. The van der Waals surface area contributed by atoms with Gasteiger partial charge >= 0.3 is 5.97 Å². The molecular weight excluding hydrogens is 468 g/mol. The summed E-state index contributed by atoms with van der Waals surface area (Å²) >= 11 is 0. The Kier molecular flexibility index (Phi) is 17.3. The summed E-state index contributed by atoms with van der Waals surface area (Å²) in [6.45, 7) is 7.22. The standard InChI is InChI=1S/C35H54O3/c1-4-6-8-10-11-12-13-14-15-17-19-29-37-34-27-25-33(26-28-34)32-23-21-31(22-24-32)30(3)38-35(36)20-18-16-9-7-5-2/h21-28,30H,4-20,29H2,1-3H3. The van der Waals surface area contributed by atoms with Crippen LogP contribution in [-0.2, 0) is 9.53 Å². The van der Waals surface area contributed by atoms with Crippen LogP contribution in [0, 0.1) is 0 Å². The fourth-order valence-corrected chi connectivity index (χ4v) is 4.84. The minimum atomic E-state index is -0.224. The lowest BCUT2D eigenvalue weighted by Gasteiger charge is -2.14. The zero-order chi connectivity index (χ0) is 27.3. The Morgan fingerprint density at radius 2 is 1.05 bits per heavy atom. The molecule has 1 unspecified atom stereocenters. The van der Waals surface area contributed by atoms with Crippen molar-refractivity contribution in [2.75, 3.05) is 6.61 Å². The molecule has 0 saturated carbocycles. The molecular formula is C35H54O3. The fourth-order valence-electron chi connectivity index (χ4n) is 4.84. The van der Waals surface area contributed by atoms with Gasteiger partial charge in [-0.15, -0.1) is 0 Å². The molecule has 0 N–H and O–H groups in total. The van der Waals surface area contributed by atoms with E-state index in [0.29, 0.717) is 6.42 Å². The van der Waals surface area contributed by atoms with E-state index in [9.17, 15) is 4.79 Å². The maximum atomic E-state index is 12.1. The number of rotatable bonds is 22. The summed E-state index contributed by atoms with van der Waals surface area (Å²) in [5.41, 5.74) is 3.34. The number of esters is 1. The van der Waals surface area contributed by atoms with Gasteiger partial charge in [0.2, 0.25) is 0 Å². The second-order valence-electron chi connectivity index (χ2n) is 10.8. The lowest BCUT2D eigenvalue weighted by molar-refractivity contribution is -0.148. The van der Waals surface area contributed by atoms with Gasteiger partial charge in [-0.3, -0.25) is 4.79 Å². The number of hydrogen-bond acceptors (Lipinski definition) is 3. The van der Waals surface area contributed by atoms with E-state index in [-0.39, 0.29) is 12.1 Å². The van der Waals surface area contributed by atoms with Crippen LogP contribution in [0.4, 0.5) is 0 Å². The first-order valence-electron chi connectivity index (χ1n) is 15.7. The molecule has 0 heterocycles. The minimum absolute atomic E-state index is 0.0955. The molecule has 0 aliphatic carbocycles. The third-order valence-electron chi connectivity index (χ3n) is 7.38. The lowest BCUT2D eigenvalue weighted by atomic mass is 10.0. The van der Waals surface area contributed by atoms with Crippen LogP contribution in [0.5, 0.6) is 5.75 Å². The fraction of sp³-hybridized carbons (Fsp3) is 0.629. The monoisotopic (exact) mass is 522 g/mol. The number of ether oxygens (including phenoxy) is 2. The van der Waals surface area contributed by atoms with Gasteiger partial charge in [0.15, 0.2) is 0 Å². The van der Waals surface area contributed by atoms with E-state index < -0.39 is 0 Å². The second kappa shape index (κ2) is 20.6. The molecule has 0 aliphatic heterocycles. The van der Waals surface area contributed by atoms with E-state index in [2.05, 4.69) is 62.4 Å². The van der Waals surface area contributed by atoms with E-state index in [1.54, 1.807) is 0 Å². The molecule has 0 aromatic heterocycles. The third-order valence-corrected chi connectivity index (χ3v) is 7.38. The Balaban J connectivity index is 1.61. The quantitative estimate of drug-likeness (QED) is 0.114. The number of carbonyl (C=O) groups is 1. The molecule has 38 heavy (non-hydrogen) atoms. The largest absolute Gasteiger partial charge is 0.494 e. The first-order valence-corrected chi connectivity index (χ1v) is 15.7. The predicted octanol–water partition coefficient (Wildman–Crippen LogP) is 11.0. The van der Waals surface area contributed by atoms with E-state index >= 15 is 0 Å². The SMILES string of the molecule is CCCCCCCCCCCCCOc1ccc(-c2ccc(C(C)OC(=O)CCCCCCC)cc2)cc1. The summed E-state index contributed by atoms with van der Waals surface area (Å²) in [6, 6.07) is 16.7. The van der Waals surface area contributed by atoms with Crippen LogP contribution >= 0.6 is 0 Å². The Hall–Kier alpha value is -2.29. The lowest BCUT2D eigenvalue weighted by Crippen LogP contribution is -2.08. The number of benzene rings is 2. The highest BCUT2D eigenvalue weighted by atomic mass is 16.5. The Morgan fingerprint density at radius 3 is 1.58 bits per heavy atom. The summed E-state index contributed by atoms with van der Waals surface area (Å²) < 4.78 is 11.6. The zero-order valence-corrected chi connectivity index (χ0v) is 24.6. The van der Waals surface area contributed by atoms with Crippen LogP contribution in [0.15, 0.2) is 48.5 Å². The van der Waals surface area contributed by atoms with Crippen molar-refractivity contribution in [1.82, 2.24) is 0 Å². The summed E-state index contributed by atoms with van der Waals surface area (Å²) in [4.78, 5) is 12.1. The van der Waals surface area contributed by atoms with Gasteiger partial charge < -0.3 is 9.47 Å². The molecule has 0 radical (unpaired) electrons. The highest BCUT2D eigenvalue weighted by molar-refractivity contribution is 5.70. The van der Waals surface area contributed by atoms with Crippen molar-refractivity contribution in [3.63, 3.8) is 0 Å². The van der Waals surface area contributed by atoms with Crippen molar-refractivity contribution < 1.29 is 14.3 Å². The summed E-state index contributed by atoms with van der Waals surface area (Å²) in [7, 11) is 0. The summed E-state index contributed by atoms with van der Waals surface area (Å²) in [6.07, 6.45) is 20.8. The third kappa shape index (κ3) is 14.0. The van der Waals surface area contributed by atoms with E-state index in [1.807, 2.05) is 6.92 Å². The molecule has 0 saturated heterocycles. The topological polar surface area (TPSA) is 35.5 Å². The van der Waals surface area contributed by atoms with Gasteiger partial charge in [0.05, 0.1) is 6.61 Å². The average molecular weight is 523 g/mol. The van der Waals surface area contributed by atoms with Gasteiger partial charge in [0, 0.05) is 6.42 Å². The highest BCUT2D eigenvalue weighted by Gasteiger charge is 2.12. The van der Waals surface area contributed by atoms with E-state index in [1.165, 1.54) is 83.5 Å². The molecule has 0 fully saturated rings. The first kappa shape index (κ1) is 31.9. The molecule has 0 aliphatic rings. The summed E-state index contributed by atoms with van der Waals surface area (Å²) in [5, 5.41) is 0. The Morgan fingerprint density at radius 1 is 0.605 bits per heavy atom. The van der Waals surface area contributed by atoms with Crippen molar-refractivity contribution in [1.29, 1.82) is 0 Å². The average Bonchev–Trinajstić information content (AvgIpc) is 2.94. The molecule has 3 heteroatoms. The van der Waals surface area contributed by atoms with Crippen LogP contribution in [0.3, 0.4) is 0 Å². The molecule has 1 atom stereocenters. The van der Waals surface area contributed by atoms with Gasteiger partial charge in [-0.25, -0.2) is 0 Å². The number of hydrogen-bond donors (Lipinski definition) is 0. The number of carbonyl (C=O) groups excluding carboxylic acids is 1. The maximum Gasteiger partial charge on any atom is 0.306 e. The van der Waals surface area contributed by atoms with Crippen LogP contribution < -0.4 is 4.74 Å². The normalized spacial score (nSPS) is 11.9. The van der Waals surface area contributed by atoms with Gasteiger partial charge in [-0.1, -0.05) is 140 Å². The molecule has 2 aromatic rings. The van der Waals surface area contributed by atoms with Crippen LogP contribution in [0.1, 0.15) is 142 Å². The van der Waals surface area contributed by atoms with E-state index in [4.69, 9.17) is 9.47 Å². The molecule has 2 aromatic carbocycles. The van der Waals surface area contributed by atoms with Gasteiger partial charge in [0.25, 0.3) is 0 Å². The summed E-state index contributed by atoms with van der Waals surface area (Å²) in [5.74, 6) is 0.842. The maximum absolute atomic E-state index is 12.1. The van der Waals surface area contributed by atoms with Gasteiger partial charge in [-0.2, -0.15) is 0 Å². The smallest absolute Gasteiger partial charge is 0.306 e. The van der Waals surface area contributed by atoms with Crippen LogP contribution in [-0.4, -0.2) is 12.6 Å². The molecule has 212 valence electrons. The Bertz CT molecular complexity index is 840. The second-order valence-corrected chi connectivity index (χ2v) is 10.8. The minimum Gasteiger partial charge on any atom is -0.494 e. The first-order chi connectivity index (χ1) is 18.6. The van der Waals surface area contributed by atoms with Crippen molar-refractivity contribution in [2.24, 2.45) is 0 Å². The molecule has 0 bridgehead atoms. The van der Waals surface area contributed by atoms with Crippen molar-refractivity contribution in [3.8, 4) is 16.9 Å². The van der Waals surface area contributed by atoms with Gasteiger partial charge in [0.1, 0.15) is 11.9 Å². The van der Waals surface area contributed by atoms with Crippen molar-refractivity contribution >= 4 is 5.97 Å². The predicted molar refractivity (Wildman–Crippen MR) is 162 cm³/mol. The zero-order valence-electron chi connectivity index (χ0n) is 24.6. The molecule has 0 spiro atoms. The van der Waals surface area contributed by atoms with Crippen LogP contribution in [0.25, 0.3) is 11.1 Å². The molecule has 3 nitrogen and oxygen atoms in total. The van der Waals surface area contributed by atoms with E-state index in [0.717, 1.165) is 48.3 Å². The van der Waals surface area contributed by atoms with Crippen molar-refractivity contribution in [2.45, 2.75) is 136 Å². The molecule has 0 amide bonds. The van der Waals surface area contributed by atoms with Crippen molar-refractivity contribution in [3.05, 3.63) is 54.1 Å². The molecule has 2 rings (SSSR count). The van der Waals surface area contributed by atoms with Crippen LogP contribution in [0.2, 0.25) is 0 Å². The number of unbranched alkanes of at least 4 members (excludes halogenated alkanes) is 14.